The summed E-state index contributed by atoms with van der Waals surface area (Å²) in [5.41, 5.74) is 15.0. The summed E-state index contributed by atoms with van der Waals surface area (Å²) in [6, 6.07) is 63.7. The number of hydrogen-bond donors (Lipinski definition) is 0. The van der Waals surface area contributed by atoms with Gasteiger partial charge in [-0.1, -0.05) is 141 Å². The third kappa shape index (κ3) is 4.64. The number of para-hydroxylation sites is 1. The predicted molar refractivity (Wildman–Crippen MR) is 214 cm³/mol. The van der Waals surface area contributed by atoms with E-state index in [0.29, 0.717) is 0 Å². The maximum absolute atomic E-state index is 6.77. The molecular weight excluding hydrogens is 619 g/mol. The van der Waals surface area contributed by atoms with Crippen LogP contribution in [0.4, 0.5) is 17.1 Å². The first kappa shape index (κ1) is 29.5. The van der Waals surface area contributed by atoms with E-state index in [0.717, 1.165) is 55.3 Å². The highest BCUT2D eigenvalue weighted by Crippen LogP contribution is 2.52. The highest BCUT2D eigenvalue weighted by atomic mass is 16.3. The molecule has 51 heavy (non-hydrogen) atoms. The molecule has 1 heterocycles. The standard InChI is InChI=1S/C49H35NO/c1-49(2)43-19-11-9-17-39(43)40-28-26-38(31-44(40)49)50(37-24-21-34(22-25-37)32-13-5-3-6-14-32)45-30-36(33-15-7-4-8-16-33)29-35-23-27-42-41-18-10-12-20-46(41)51-48(42)47(35)45/h3-31H,1-2H3. The van der Waals surface area contributed by atoms with E-state index in [2.05, 4.69) is 189 Å². The molecule has 0 atom stereocenters. The Balaban J connectivity index is 1.28. The summed E-state index contributed by atoms with van der Waals surface area (Å²) in [7, 11) is 0. The lowest BCUT2D eigenvalue weighted by Gasteiger charge is -2.29. The topological polar surface area (TPSA) is 16.4 Å². The molecule has 0 aliphatic heterocycles. The molecule has 2 heteroatoms. The number of hydrogen-bond acceptors (Lipinski definition) is 2. The average molecular weight is 654 g/mol. The van der Waals surface area contributed by atoms with Gasteiger partial charge in [-0.05, 0) is 98.4 Å². The molecule has 0 saturated carbocycles. The molecular formula is C49H35NO. The molecule has 8 aromatic carbocycles. The van der Waals surface area contributed by atoms with Crippen molar-refractivity contribution in [1.82, 2.24) is 0 Å². The summed E-state index contributed by atoms with van der Waals surface area (Å²) in [5, 5.41) is 4.48. The van der Waals surface area contributed by atoms with Crippen LogP contribution >= 0.6 is 0 Å². The van der Waals surface area contributed by atoms with Gasteiger partial charge in [-0.15, -0.1) is 0 Å². The first-order valence-electron chi connectivity index (χ1n) is 17.7. The van der Waals surface area contributed by atoms with Crippen molar-refractivity contribution >= 4 is 49.8 Å². The maximum atomic E-state index is 6.77. The molecule has 1 aliphatic carbocycles. The zero-order chi connectivity index (χ0) is 34.1. The van der Waals surface area contributed by atoms with Gasteiger partial charge < -0.3 is 9.32 Å². The van der Waals surface area contributed by atoms with E-state index < -0.39 is 0 Å². The fourth-order valence-corrected chi connectivity index (χ4v) is 8.28. The van der Waals surface area contributed by atoms with Crippen LogP contribution in [-0.4, -0.2) is 0 Å². The van der Waals surface area contributed by atoms with Crippen LogP contribution in [0.1, 0.15) is 25.0 Å². The Hall–Kier alpha value is -6.38. The lowest BCUT2D eigenvalue weighted by molar-refractivity contribution is 0.660. The van der Waals surface area contributed by atoms with Gasteiger partial charge in [0.15, 0.2) is 0 Å². The number of fused-ring (bicyclic) bond motifs is 8. The van der Waals surface area contributed by atoms with Crippen molar-refractivity contribution in [3.05, 3.63) is 187 Å². The number of rotatable bonds is 5. The van der Waals surface area contributed by atoms with Crippen molar-refractivity contribution in [3.8, 4) is 33.4 Å². The third-order valence-corrected chi connectivity index (χ3v) is 10.8. The van der Waals surface area contributed by atoms with Crippen LogP contribution in [0.5, 0.6) is 0 Å². The number of furan rings is 1. The molecule has 0 unspecified atom stereocenters. The molecule has 2 nitrogen and oxygen atoms in total. The van der Waals surface area contributed by atoms with Gasteiger partial charge in [0.25, 0.3) is 0 Å². The van der Waals surface area contributed by atoms with Crippen LogP contribution in [0.15, 0.2) is 180 Å². The molecule has 0 spiro atoms. The molecule has 1 aromatic heterocycles. The van der Waals surface area contributed by atoms with Crippen molar-refractivity contribution in [1.29, 1.82) is 0 Å². The second-order valence-electron chi connectivity index (χ2n) is 14.1. The summed E-state index contributed by atoms with van der Waals surface area (Å²) in [6.07, 6.45) is 0. The summed E-state index contributed by atoms with van der Waals surface area (Å²) >= 11 is 0. The zero-order valence-electron chi connectivity index (χ0n) is 28.6. The lowest BCUT2D eigenvalue weighted by atomic mass is 9.82. The Morgan fingerprint density at radius 2 is 1.08 bits per heavy atom. The predicted octanol–water partition coefficient (Wildman–Crippen LogP) is 13.8. The lowest BCUT2D eigenvalue weighted by Crippen LogP contribution is -2.16. The van der Waals surface area contributed by atoms with E-state index in [1.165, 1.54) is 38.9 Å². The first-order valence-corrected chi connectivity index (χ1v) is 17.7. The van der Waals surface area contributed by atoms with Gasteiger partial charge in [-0.25, -0.2) is 0 Å². The van der Waals surface area contributed by atoms with Gasteiger partial charge in [-0.2, -0.15) is 0 Å². The van der Waals surface area contributed by atoms with Crippen LogP contribution in [0.2, 0.25) is 0 Å². The fourth-order valence-electron chi connectivity index (χ4n) is 8.28. The minimum absolute atomic E-state index is 0.134. The van der Waals surface area contributed by atoms with Crippen LogP contribution in [0.25, 0.3) is 66.1 Å². The van der Waals surface area contributed by atoms with E-state index in [4.69, 9.17) is 4.42 Å². The van der Waals surface area contributed by atoms with Gasteiger partial charge in [0.05, 0.1) is 5.69 Å². The summed E-state index contributed by atoms with van der Waals surface area (Å²) in [6.45, 7) is 4.70. The van der Waals surface area contributed by atoms with E-state index in [-0.39, 0.29) is 5.41 Å². The van der Waals surface area contributed by atoms with Crippen LogP contribution in [-0.2, 0) is 5.41 Å². The second kappa shape index (κ2) is 11.3. The average Bonchev–Trinajstić information content (AvgIpc) is 3.68. The maximum Gasteiger partial charge on any atom is 0.145 e. The second-order valence-corrected chi connectivity index (χ2v) is 14.1. The normalized spacial score (nSPS) is 13.1. The molecule has 242 valence electrons. The van der Waals surface area contributed by atoms with E-state index in [9.17, 15) is 0 Å². The fraction of sp³-hybridized carbons (Fsp3) is 0.0612. The van der Waals surface area contributed by atoms with Crippen molar-refractivity contribution in [3.63, 3.8) is 0 Å². The molecule has 0 bridgehead atoms. The SMILES string of the molecule is CC1(C)c2ccccc2-c2ccc(N(c3ccc(-c4ccccc4)cc3)c3cc(-c4ccccc4)cc4ccc5c6ccccc6oc5c34)cc21. The van der Waals surface area contributed by atoms with Crippen molar-refractivity contribution in [2.45, 2.75) is 19.3 Å². The quantitative estimate of drug-likeness (QED) is 0.184. The van der Waals surface area contributed by atoms with Crippen molar-refractivity contribution in [2.24, 2.45) is 0 Å². The molecule has 0 N–H and O–H groups in total. The number of nitrogens with zero attached hydrogens (tertiary/aromatic N) is 1. The minimum Gasteiger partial charge on any atom is -0.455 e. The van der Waals surface area contributed by atoms with Gasteiger partial charge in [0, 0.05) is 32.9 Å². The zero-order valence-corrected chi connectivity index (χ0v) is 28.6. The van der Waals surface area contributed by atoms with Gasteiger partial charge in [0.2, 0.25) is 0 Å². The molecule has 1 aliphatic rings. The van der Waals surface area contributed by atoms with Gasteiger partial charge in [-0.3, -0.25) is 0 Å². The van der Waals surface area contributed by atoms with E-state index >= 15 is 0 Å². The molecule has 0 amide bonds. The Morgan fingerprint density at radius 3 is 1.86 bits per heavy atom. The minimum atomic E-state index is -0.134. The highest BCUT2D eigenvalue weighted by Gasteiger charge is 2.36. The molecule has 9 aromatic rings. The van der Waals surface area contributed by atoms with E-state index in [1.807, 2.05) is 6.07 Å². The number of anilines is 3. The Morgan fingerprint density at radius 1 is 0.451 bits per heavy atom. The van der Waals surface area contributed by atoms with Gasteiger partial charge in [0.1, 0.15) is 11.2 Å². The van der Waals surface area contributed by atoms with Crippen LogP contribution < -0.4 is 4.90 Å². The highest BCUT2D eigenvalue weighted by molar-refractivity contribution is 6.20. The first-order chi connectivity index (χ1) is 25.0. The summed E-state index contributed by atoms with van der Waals surface area (Å²) in [4.78, 5) is 2.44. The summed E-state index contributed by atoms with van der Waals surface area (Å²) in [5.74, 6) is 0. The van der Waals surface area contributed by atoms with Crippen LogP contribution in [0, 0.1) is 0 Å². The van der Waals surface area contributed by atoms with Crippen molar-refractivity contribution < 1.29 is 4.42 Å². The molecule has 10 rings (SSSR count). The Bertz CT molecular complexity index is 2760. The Labute approximate surface area is 297 Å². The monoisotopic (exact) mass is 653 g/mol. The molecule has 0 saturated heterocycles. The number of benzene rings is 8. The molecule has 0 fully saturated rings. The van der Waals surface area contributed by atoms with Crippen molar-refractivity contribution in [2.75, 3.05) is 4.90 Å². The third-order valence-electron chi connectivity index (χ3n) is 10.8. The van der Waals surface area contributed by atoms with Crippen LogP contribution in [0.3, 0.4) is 0 Å². The largest absolute Gasteiger partial charge is 0.455 e. The smallest absolute Gasteiger partial charge is 0.145 e. The van der Waals surface area contributed by atoms with Gasteiger partial charge >= 0.3 is 0 Å². The Kier molecular flexibility index (Phi) is 6.56. The summed E-state index contributed by atoms with van der Waals surface area (Å²) < 4.78 is 6.77. The molecule has 0 radical (unpaired) electrons. The van der Waals surface area contributed by atoms with E-state index in [1.54, 1.807) is 0 Å².